The Bertz CT molecular complexity index is 852. The largest absolute Gasteiger partial charge is 0.507 e. The van der Waals surface area contributed by atoms with Gasteiger partial charge in [-0.15, -0.1) is 0 Å². The number of carbonyl (C=O) groups excluding carboxylic acids is 2. The van der Waals surface area contributed by atoms with Gasteiger partial charge in [-0.05, 0) is 36.6 Å². The Labute approximate surface area is 151 Å². The number of aliphatic hydroxyl groups is 1. The van der Waals surface area contributed by atoms with Crippen LogP contribution in [0.4, 0.5) is 0 Å². The van der Waals surface area contributed by atoms with Crippen LogP contribution in [-0.4, -0.2) is 23.0 Å². The minimum absolute atomic E-state index is 0.194. The number of carbonyl (C=O) groups is 2. The van der Waals surface area contributed by atoms with Gasteiger partial charge >= 0.3 is 5.97 Å². The van der Waals surface area contributed by atoms with Crippen molar-refractivity contribution in [3.8, 4) is 11.5 Å². The molecule has 3 rings (SSSR count). The number of Topliss-reactive ketones (excluding diaryl/α,β-unsaturated/α-hetero) is 1. The normalized spacial score (nSPS) is 16.7. The number of rotatable bonds is 6. The molecule has 1 N–H and O–H groups in total. The molecule has 0 aromatic heterocycles. The number of benzene rings is 2. The van der Waals surface area contributed by atoms with Crippen molar-refractivity contribution in [2.75, 3.05) is 0 Å². The average Bonchev–Trinajstić information content (AvgIpc) is 2.89. The van der Waals surface area contributed by atoms with Gasteiger partial charge in [0, 0.05) is 0 Å². The topological polar surface area (TPSA) is 72.8 Å². The third-order valence-electron chi connectivity index (χ3n) is 4.03. The fourth-order valence-corrected chi connectivity index (χ4v) is 2.80. The second kappa shape index (κ2) is 7.44. The number of ketones is 1. The number of para-hydroxylation sites is 2. The summed E-state index contributed by atoms with van der Waals surface area (Å²) in [7, 11) is 0. The van der Waals surface area contributed by atoms with E-state index in [1.807, 2.05) is 32.0 Å². The van der Waals surface area contributed by atoms with Gasteiger partial charge in [0.2, 0.25) is 5.78 Å². The molecule has 1 atom stereocenters. The SMILES string of the molecule is CC(C)CC1OC(=O)C(C(=O)c2ccccc2Oc2ccccc2)=C1O. The lowest BCUT2D eigenvalue weighted by molar-refractivity contribution is -0.140. The smallest absolute Gasteiger partial charge is 0.346 e. The van der Waals surface area contributed by atoms with Crippen molar-refractivity contribution in [1.29, 1.82) is 0 Å². The van der Waals surface area contributed by atoms with Crippen molar-refractivity contribution in [3.05, 3.63) is 71.5 Å². The third-order valence-corrected chi connectivity index (χ3v) is 4.03. The van der Waals surface area contributed by atoms with Gasteiger partial charge in [-0.1, -0.05) is 44.2 Å². The molecule has 0 amide bonds. The van der Waals surface area contributed by atoms with Gasteiger partial charge in [0.05, 0.1) is 5.56 Å². The molecule has 1 unspecified atom stereocenters. The van der Waals surface area contributed by atoms with Crippen molar-refractivity contribution in [2.24, 2.45) is 5.92 Å². The monoisotopic (exact) mass is 352 g/mol. The molecule has 2 aromatic rings. The van der Waals surface area contributed by atoms with Crippen LogP contribution in [0.5, 0.6) is 11.5 Å². The molecule has 0 saturated heterocycles. The number of aliphatic hydroxyl groups excluding tert-OH is 1. The first kappa shape index (κ1) is 17.7. The van der Waals surface area contributed by atoms with Gasteiger partial charge in [0.1, 0.15) is 17.1 Å². The van der Waals surface area contributed by atoms with E-state index in [4.69, 9.17) is 9.47 Å². The maximum atomic E-state index is 12.9. The highest BCUT2D eigenvalue weighted by Gasteiger charge is 2.39. The minimum atomic E-state index is -0.798. The summed E-state index contributed by atoms with van der Waals surface area (Å²) >= 11 is 0. The van der Waals surface area contributed by atoms with Crippen LogP contribution < -0.4 is 4.74 Å². The van der Waals surface area contributed by atoms with Gasteiger partial charge in [-0.2, -0.15) is 0 Å². The molecule has 1 aliphatic rings. The molecular weight excluding hydrogens is 332 g/mol. The molecular formula is C21H20O5. The van der Waals surface area contributed by atoms with Crippen molar-refractivity contribution in [1.82, 2.24) is 0 Å². The van der Waals surface area contributed by atoms with E-state index in [-0.39, 0.29) is 22.8 Å². The van der Waals surface area contributed by atoms with E-state index in [9.17, 15) is 14.7 Å². The number of hydrogen-bond acceptors (Lipinski definition) is 5. The van der Waals surface area contributed by atoms with Crippen LogP contribution in [0.25, 0.3) is 0 Å². The van der Waals surface area contributed by atoms with Gasteiger partial charge in [-0.25, -0.2) is 4.79 Å². The molecule has 0 spiro atoms. The first-order valence-corrected chi connectivity index (χ1v) is 8.48. The Balaban J connectivity index is 1.93. The Morgan fingerprint density at radius 1 is 1.12 bits per heavy atom. The summed E-state index contributed by atoms with van der Waals surface area (Å²) in [5.74, 6) is -0.624. The lowest BCUT2D eigenvalue weighted by Gasteiger charge is -2.12. The lowest BCUT2D eigenvalue weighted by Crippen LogP contribution is -2.14. The molecule has 0 aliphatic carbocycles. The molecule has 1 heterocycles. The van der Waals surface area contributed by atoms with E-state index in [0.717, 1.165) is 0 Å². The van der Waals surface area contributed by atoms with E-state index >= 15 is 0 Å². The minimum Gasteiger partial charge on any atom is -0.507 e. The maximum absolute atomic E-state index is 12.9. The predicted octanol–water partition coefficient (Wildman–Crippen LogP) is 4.45. The van der Waals surface area contributed by atoms with Crippen molar-refractivity contribution in [2.45, 2.75) is 26.4 Å². The second-order valence-corrected chi connectivity index (χ2v) is 6.52. The van der Waals surface area contributed by atoms with Crippen LogP contribution in [0.15, 0.2) is 65.9 Å². The maximum Gasteiger partial charge on any atom is 0.346 e. The van der Waals surface area contributed by atoms with Crippen LogP contribution in [-0.2, 0) is 9.53 Å². The molecule has 5 nitrogen and oxygen atoms in total. The molecule has 5 heteroatoms. The van der Waals surface area contributed by atoms with Gasteiger partial charge in [-0.3, -0.25) is 4.79 Å². The van der Waals surface area contributed by atoms with Gasteiger partial charge in [0.25, 0.3) is 0 Å². The summed E-state index contributed by atoms with van der Waals surface area (Å²) in [6, 6.07) is 15.6. The Morgan fingerprint density at radius 2 is 1.77 bits per heavy atom. The number of ether oxygens (including phenoxy) is 2. The third kappa shape index (κ3) is 3.61. The fourth-order valence-electron chi connectivity index (χ4n) is 2.80. The first-order chi connectivity index (χ1) is 12.5. The van der Waals surface area contributed by atoms with Gasteiger partial charge in [0.15, 0.2) is 11.9 Å². The summed E-state index contributed by atoms with van der Waals surface area (Å²) in [6.45, 7) is 3.90. The highest BCUT2D eigenvalue weighted by Crippen LogP contribution is 2.32. The molecule has 2 aromatic carbocycles. The zero-order valence-corrected chi connectivity index (χ0v) is 14.6. The van der Waals surface area contributed by atoms with Crippen LogP contribution >= 0.6 is 0 Å². The van der Waals surface area contributed by atoms with Crippen molar-refractivity contribution < 1.29 is 24.2 Å². The molecule has 1 aliphatic heterocycles. The highest BCUT2D eigenvalue weighted by molar-refractivity contribution is 6.26. The number of hydrogen-bond donors (Lipinski definition) is 1. The second-order valence-electron chi connectivity index (χ2n) is 6.52. The average molecular weight is 352 g/mol. The Morgan fingerprint density at radius 3 is 2.46 bits per heavy atom. The van der Waals surface area contributed by atoms with Crippen LogP contribution in [0.2, 0.25) is 0 Å². The number of cyclic esters (lactones) is 1. The quantitative estimate of drug-likeness (QED) is 0.472. The molecule has 134 valence electrons. The zero-order valence-electron chi connectivity index (χ0n) is 14.6. The molecule has 0 radical (unpaired) electrons. The molecule has 26 heavy (non-hydrogen) atoms. The summed E-state index contributed by atoms with van der Waals surface area (Å²) in [5, 5.41) is 10.4. The fraction of sp³-hybridized carbons (Fsp3) is 0.238. The molecule has 0 bridgehead atoms. The van der Waals surface area contributed by atoms with E-state index in [1.54, 1.807) is 36.4 Å². The molecule has 0 fully saturated rings. The van der Waals surface area contributed by atoms with E-state index < -0.39 is 17.9 Å². The van der Waals surface area contributed by atoms with Crippen LogP contribution in [0, 0.1) is 5.92 Å². The summed E-state index contributed by atoms with van der Waals surface area (Å²) < 4.78 is 10.9. The first-order valence-electron chi connectivity index (χ1n) is 8.48. The van der Waals surface area contributed by atoms with E-state index in [0.29, 0.717) is 17.9 Å². The van der Waals surface area contributed by atoms with Crippen LogP contribution in [0.1, 0.15) is 30.6 Å². The summed E-state index contributed by atoms with van der Waals surface area (Å²) in [4.78, 5) is 25.1. The van der Waals surface area contributed by atoms with Gasteiger partial charge < -0.3 is 14.6 Å². The lowest BCUT2D eigenvalue weighted by atomic mass is 9.99. The highest BCUT2D eigenvalue weighted by atomic mass is 16.6. The van der Waals surface area contributed by atoms with Crippen LogP contribution in [0.3, 0.4) is 0 Å². The van der Waals surface area contributed by atoms with Crippen molar-refractivity contribution >= 4 is 11.8 Å². The van der Waals surface area contributed by atoms with Crippen molar-refractivity contribution in [3.63, 3.8) is 0 Å². The Hall–Kier alpha value is -3.08. The standard InChI is InChI=1S/C21H20O5/c1-13(2)12-17-20(23)18(21(24)26-17)19(22)15-10-6-7-11-16(15)25-14-8-4-3-5-9-14/h3-11,13,17,23H,12H2,1-2H3. The summed E-state index contributed by atoms with van der Waals surface area (Å²) in [5.41, 5.74) is -0.125. The van der Waals surface area contributed by atoms with E-state index in [2.05, 4.69) is 0 Å². The Kier molecular flexibility index (Phi) is 5.07. The number of esters is 1. The predicted molar refractivity (Wildman–Crippen MR) is 96.3 cm³/mol. The molecule has 0 saturated carbocycles. The zero-order chi connectivity index (χ0) is 18.7. The summed E-state index contributed by atoms with van der Waals surface area (Å²) in [6.07, 6.45) is -0.320. The van der Waals surface area contributed by atoms with E-state index in [1.165, 1.54) is 0 Å².